The second-order valence-corrected chi connectivity index (χ2v) is 8.77. The van der Waals surface area contributed by atoms with Crippen LogP contribution < -0.4 is 5.32 Å². The minimum Gasteiger partial charge on any atom is -0.391 e. The fourth-order valence-corrected chi connectivity index (χ4v) is 4.52. The van der Waals surface area contributed by atoms with E-state index in [4.69, 9.17) is 0 Å². The van der Waals surface area contributed by atoms with E-state index in [9.17, 15) is 14.7 Å². The Morgan fingerprint density at radius 2 is 1.44 bits per heavy atom. The van der Waals surface area contributed by atoms with Gasteiger partial charge in [-0.25, -0.2) is 0 Å². The molecule has 2 atom stereocenters. The fraction of sp³-hybridized carbons (Fsp3) is 0.517. The van der Waals surface area contributed by atoms with Crippen LogP contribution in [0.15, 0.2) is 60.7 Å². The second-order valence-electron chi connectivity index (χ2n) is 8.77. The third-order valence-corrected chi connectivity index (χ3v) is 6.27. The number of hydrogen-bond donors (Lipinski definition) is 2. The fourth-order valence-electron chi connectivity index (χ4n) is 4.52. The zero-order valence-corrected chi connectivity index (χ0v) is 21.1. The number of amides is 2. The van der Waals surface area contributed by atoms with E-state index in [1.165, 1.54) is 11.1 Å². The molecule has 0 spiro atoms. The average molecular weight is 467 g/mol. The molecular weight excluding hydrogens is 424 g/mol. The topological polar surface area (TPSA) is 69.6 Å². The molecule has 34 heavy (non-hydrogen) atoms. The van der Waals surface area contributed by atoms with E-state index < -0.39 is 12.1 Å². The Balaban J connectivity index is 0.00000199. The molecule has 2 aromatic rings. The predicted octanol–water partition coefficient (Wildman–Crippen LogP) is 4.92. The molecule has 0 radical (unpaired) electrons. The Hall–Kier alpha value is -2.66. The lowest BCUT2D eigenvalue weighted by Crippen LogP contribution is -2.48. The van der Waals surface area contributed by atoms with Gasteiger partial charge in [-0.3, -0.25) is 9.59 Å². The number of likely N-dealkylation sites (tertiary alicyclic amines) is 1. The first-order chi connectivity index (χ1) is 16.6. The van der Waals surface area contributed by atoms with E-state index in [0.29, 0.717) is 12.8 Å². The summed E-state index contributed by atoms with van der Waals surface area (Å²) in [6.45, 7) is 6.04. The maximum Gasteiger partial charge on any atom is 0.243 e. The number of benzene rings is 2. The number of aliphatic hydroxyl groups is 1. The minimum atomic E-state index is -0.629. The number of β-amino-alcohol motifs (C(OH)–C–C–N with tert-alkyl or cyclic N) is 1. The third kappa shape index (κ3) is 8.94. The molecule has 2 amide bonds. The van der Waals surface area contributed by atoms with E-state index in [-0.39, 0.29) is 24.4 Å². The lowest BCUT2D eigenvalue weighted by atomic mass is 9.98. The van der Waals surface area contributed by atoms with Crippen LogP contribution >= 0.6 is 0 Å². The highest BCUT2D eigenvalue weighted by atomic mass is 16.3. The number of hydrogen-bond acceptors (Lipinski definition) is 3. The molecular formula is C29H42N2O3. The van der Waals surface area contributed by atoms with Crippen molar-refractivity contribution in [1.82, 2.24) is 10.2 Å². The number of nitrogens with zero attached hydrogens (tertiary/aromatic N) is 1. The van der Waals surface area contributed by atoms with Crippen molar-refractivity contribution in [3.05, 3.63) is 71.8 Å². The van der Waals surface area contributed by atoms with Crippen LogP contribution in [0.2, 0.25) is 0 Å². The number of carbonyl (C=O) groups excluding carboxylic acids is 2. The monoisotopic (exact) mass is 466 g/mol. The van der Waals surface area contributed by atoms with Crippen molar-refractivity contribution in [3.63, 3.8) is 0 Å². The summed E-state index contributed by atoms with van der Waals surface area (Å²) in [5.41, 5.74) is 2.61. The van der Waals surface area contributed by atoms with Crippen LogP contribution in [0.4, 0.5) is 0 Å². The van der Waals surface area contributed by atoms with Crippen LogP contribution in [0.25, 0.3) is 0 Å². The molecule has 1 saturated heterocycles. The van der Waals surface area contributed by atoms with Gasteiger partial charge < -0.3 is 15.3 Å². The smallest absolute Gasteiger partial charge is 0.243 e. The summed E-state index contributed by atoms with van der Waals surface area (Å²) in [4.78, 5) is 26.9. The van der Waals surface area contributed by atoms with Gasteiger partial charge in [0.1, 0.15) is 6.04 Å². The molecule has 2 N–H and O–H groups in total. The van der Waals surface area contributed by atoms with Crippen molar-refractivity contribution < 1.29 is 14.7 Å². The van der Waals surface area contributed by atoms with Gasteiger partial charge in [0.05, 0.1) is 6.10 Å². The van der Waals surface area contributed by atoms with E-state index in [2.05, 4.69) is 53.8 Å². The van der Waals surface area contributed by atoms with Gasteiger partial charge in [0.25, 0.3) is 0 Å². The summed E-state index contributed by atoms with van der Waals surface area (Å²) in [6, 6.07) is 20.3. The molecule has 0 bridgehead atoms. The first-order valence-electron chi connectivity index (χ1n) is 12.9. The summed E-state index contributed by atoms with van der Waals surface area (Å²) in [6.07, 6.45) is 5.76. The Morgan fingerprint density at radius 1 is 0.941 bits per heavy atom. The van der Waals surface area contributed by atoms with E-state index in [0.717, 1.165) is 38.5 Å². The summed E-state index contributed by atoms with van der Waals surface area (Å²) < 4.78 is 0. The van der Waals surface area contributed by atoms with Gasteiger partial charge in [-0.1, -0.05) is 81.4 Å². The largest absolute Gasteiger partial charge is 0.391 e. The zero-order chi connectivity index (χ0) is 24.8. The number of aliphatic hydroxyl groups excluding tert-OH is 1. The molecule has 5 nitrogen and oxygen atoms in total. The quantitative estimate of drug-likeness (QED) is 0.494. The molecule has 1 aliphatic rings. The summed E-state index contributed by atoms with van der Waals surface area (Å²) in [5, 5.41) is 13.3. The maximum atomic E-state index is 13.1. The first kappa shape index (κ1) is 27.6. The molecule has 5 heteroatoms. The molecule has 1 heterocycles. The number of nitrogens with one attached hydrogen (secondary N) is 1. The normalized spacial score (nSPS) is 17.3. The SMILES string of the molecule is CC.CCC(=O)N1CC(O)C[C@H]1C(=O)NC(CCCc1ccccc1)CCCc1ccccc1. The minimum absolute atomic E-state index is 0.0613. The highest BCUT2D eigenvalue weighted by Crippen LogP contribution is 2.20. The van der Waals surface area contributed by atoms with Crippen LogP contribution in [0, 0.1) is 0 Å². The lowest BCUT2D eigenvalue weighted by molar-refractivity contribution is -0.138. The van der Waals surface area contributed by atoms with Crippen LogP contribution in [-0.4, -0.2) is 46.6 Å². The summed E-state index contributed by atoms with van der Waals surface area (Å²) in [7, 11) is 0. The molecule has 0 aromatic heterocycles. The molecule has 1 fully saturated rings. The molecule has 0 aliphatic carbocycles. The van der Waals surface area contributed by atoms with Crippen LogP contribution in [0.5, 0.6) is 0 Å². The lowest BCUT2D eigenvalue weighted by Gasteiger charge is -2.26. The Labute approximate surface area is 205 Å². The standard InChI is InChI=1S/C27H36N2O3.C2H6/c1-2-26(31)29-20-24(30)19-25(29)27(32)28-23(17-9-15-21-11-5-3-6-12-21)18-10-16-22-13-7-4-8-14-22;1-2/h3-8,11-14,23-25,30H,2,9-10,15-20H2,1H3,(H,28,32);1-2H3/t24?,25-;/m0./s1. The molecule has 1 aliphatic heterocycles. The van der Waals surface area contributed by atoms with Crippen molar-refractivity contribution in [2.45, 2.75) is 90.3 Å². The average Bonchev–Trinajstić information content (AvgIpc) is 3.28. The third-order valence-electron chi connectivity index (χ3n) is 6.27. The molecule has 186 valence electrons. The Kier molecular flexibility index (Phi) is 12.4. The van der Waals surface area contributed by atoms with Gasteiger partial charge in [0.15, 0.2) is 0 Å². The van der Waals surface area contributed by atoms with Crippen molar-refractivity contribution in [3.8, 4) is 0 Å². The van der Waals surface area contributed by atoms with Gasteiger partial charge in [-0.2, -0.15) is 0 Å². The maximum absolute atomic E-state index is 13.1. The van der Waals surface area contributed by atoms with Crippen molar-refractivity contribution in [2.75, 3.05) is 6.54 Å². The van der Waals surface area contributed by atoms with Crippen LogP contribution in [-0.2, 0) is 22.4 Å². The van der Waals surface area contributed by atoms with E-state index >= 15 is 0 Å². The Morgan fingerprint density at radius 3 is 1.91 bits per heavy atom. The van der Waals surface area contributed by atoms with Crippen LogP contribution in [0.1, 0.15) is 70.4 Å². The zero-order valence-electron chi connectivity index (χ0n) is 21.1. The van der Waals surface area contributed by atoms with Crippen molar-refractivity contribution in [2.24, 2.45) is 0 Å². The van der Waals surface area contributed by atoms with Gasteiger partial charge in [-0.15, -0.1) is 0 Å². The van der Waals surface area contributed by atoms with E-state index in [1.807, 2.05) is 26.0 Å². The Bertz CT molecular complexity index is 795. The number of rotatable bonds is 11. The van der Waals surface area contributed by atoms with Crippen molar-refractivity contribution in [1.29, 1.82) is 0 Å². The first-order valence-corrected chi connectivity index (χ1v) is 12.9. The highest BCUT2D eigenvalue weighted by Gasteiger charge is 2.38. The number of carbonyl (C=O) groups is 2. The van der Waals surface area contributed by atoms with Gasteiger partial charge >= 0.3 is 0 Å². The highest BCUT2D eigenvalue weighted by molar-refractivity contribution is 5.88. The van der Waals surface area contributed by atoms with Gasteiger partial charge in [0.2, 0.25) is 11.8 Å². The summed E-state index contributed by atoms with van der Waals surface area (Å²) in [5.74, 6) is -0.209. The van der Waals surface area contributed by atoms with E-state index in [1.54, 1.807) is 11.8 Å². The molecule has 2 aromatic carbocycles. The number of aryl methyl sites for hydroxylation is 2. The predicted molar refractivity (Wildman–Crippen MR) is 138 cm³/mol. The molecule has 0 saturated carbocycles. The second kappa shape index (κ2) is 15.3. The van der Waals surface area contributed by atoms with Gasteiger partial charge in [0, 0.05) is 25.4 Å². The van der Waals surface area contributed by atoms with Crippen LogP contribution in [0.3, 0.4) is 0 Å². The van der Waals surface area contributed by atoms with Crippen molar-refractivity contribution >= 4 is 11.8 Å². The summed E-state index contributed by atoms with van der Waals surface area (Å²) >= 11 is 0. The molecule has 1 unspecified atom stereocenters. The van der Waals surface area contributed by atoms with Gasteiger partial charge in [-0.05, 0) is 49.7 Å². The molecule has 3 rings (SSSR count).